The molecule has 6 nitrogen and oxygen atoms in total. The van der Waals surface area contributed by atoms with Gasteiger partial charge < -0.3 is 20.1 Å². The summed E-state index contributed by atoms with van der Waals surface area (Å²) < 4.78 is 10.8. The number of nitrogens with one attached hydrogen (secondary N) is 2. The molecule has 29 heavy (non-hydrogen) atoms. The number of hydrogen-bond donors (Lipinski definition) is 2. The Morgan fingerprint density at radius 1 is 0.828 bits per heavy atom. The van der Waals surface area contributed by atoms with Gasteiger partial charge >= 0.3 is 0 Å². The monoisotopic (exact) mass is 390 g/mol. The third kappa shape index (κ3) is 5.35. The summed E-state index contributed by atoms with van der Waals surface area (Å²) in [6.07, 6.45) is 0. The maximum atomic E-state index is 12.4. The Morgan fingerprint density at radius 3 is 2.17 bits per heavy atom. The molecule has 0 aromatic heterocycles. The van der Waals surface area contributed by atoms with Gasteiger partial charge in [0.25, 0.3) is 11.8 Å². The molecule has 0 spiro atoms. The molecule has 0 aliphatic heterocycles. The summed E-state index contributed by atoms with van der Waals surface area (Å²) >= 11 is 0. The van der Waals surface area contributed by atoms with Gasteiger partial charge in [0.15, 0.2) is 6.61 Å². The number of methoxy groups -OCH3 is 1. The van der Waals surface area contributed by atoms with Crippen molar-refractivity contribution < 1.29 is 19.1 Å². The first-order valence-electron chi connectivity index (χ1n) is 9.09. The minimum Gasteiger partial charge on any atom is -0.495 e. The molecule has 6 heteroatoms. The van der Waals surface area contributed by atoms with Crippen LogP contribution in [-0.2, 0) is 4.79 Å². The Morgan fingerprint density at radius 2 is 1.48 bits per heavy atom. The van der Waals surface area contributed by atoms with Crippen LogP contribution in [0.3, 0.4) is 0 Å². The minimum absolute atomic E-state index is 0.0963. The average molecular weight is 390 g/mol. The molecule has 2 amide bonds. The fourth-order valence-corrected chi connectivity index (χ4v) is 2.71. The number of rotatable bonds is 7. The van der Waals surface area contributed by atoms with Gasteiger partial charge in [0.2, 0.25) is 0 Å². The molecule has 0 bridgehead atoms. The maximum absolute atomic E-state index is 12.4. The van der Waals surface area contributed by atoms with Crippen LogP contribution in [0, 0.1) is 6.92 Å². The van der Waals surface area contributed by atoms with Crippen LogP contribution < -0.4 is 20.1 Å². The van der Waals surface area contributed by atoms with Gasteiger partial charge in [-0.25, -0.2) is 0 Å². The van der Waals surface area contributed by atoms with Gasteiger partial charge in [-0.3, -0.25) is 9.59 Å². The molecule has 148 valence electrons. The number of carbonyl (C=O) groups is 2. The summed E-state index contributed by atoms with van der Waals surface area (Å²) in [4.78, 5) is 24.5. The van der Waals surface area contributed by atoms with Gasteiger partial charge in [0, 0.05) is 11.3 Å². The first kappa shape index (κ1) is 19.9. The molecule has 0 radical (unpaired) electrons. The zero-order chi connectivity index (χ0) is 20.6. The van der Waals surface area contributed by atoms with E-state index in [2.05, 4.69) is 10.6 Å². The van der Waals surface area contributed by atoms with Crippen molar-refractivity contribution in [3.8, 4) is 11.5 Å². The molecule has 0 fully saturated rings. The SMILES string of the molecule is COc1ccccc1NC(=O)c1ccc(NC(=O)COc2ccccc2C)cc1. The van der Waals surface area contributed by atoms with Gasteiger partial charge in [-0.2, -0.15) is 0 Å². The molecule has 0 unspecified atom stereocenters. The molecule has 0 aliphatic rings. The first-order valence-corrected chi connectivity index (χ1v) is 9.09. The highest BCUT2D eigenvalue weighted by atomic mass is 16.5. The number of para-hydroxylation sites is 3. The molecule has 0 atom stereocenters. The van der Waals surface area contributed by atoms with E-state index in [0.717, 1.165) is 5.56 Å². The van der Waals surface area contributed by atoms with Crippen LogP contribution in [0.4, 0.5) is 11.4 Å². The summed E-state index contributed by atoms with van der Waals surface area (Å²) in [5, 5.41) is 5.56. The van der Waals surface area contributed by atoms with Crippen LogP contribution in [0.15, 0.2) is 72.8 Å². The Hall–Kier alpha value is -3.80. The summed E-state index contributed by atoms with van der Waals surface area (Å²) in [5.74, 6) is 0.708. The van der Waals surface area contributed by atoms with Gasteiger partial charge in [-0.15, -0.1) is 0 Å². The van der Waals surface area contributed by atoms with Crippen LogP contribution in [0.2, 0.25) is 0 Å². The number of carbonyl (C=O) groups excluding carboxylic acids is 2. The normalized spacial score (nSPS) is 10.1. The molecule has 0 heterocycles. The van der Waals surface area contributed by atoms with E-state index < -0.39 is 0 Å². The predicted molar refractivity (Wildman–Crippen MR) is 113 cm³/mol. The van der Waals surface area contributed by atoms with Crippen molar-refractivity contribution in [2.75, 3.05) is 24.4 Å². The van der Waals surface area contributed by atoms with Crippen LogP contribution in [0.25, 0.3) is 0 Å². The summed E-state index contributed by atoms with van der Waals surface area (Å²) in [7, 11) is 1.55. The van der Waals surface area contributed by atoms with Gasteiger partial charge in [0.1, 0.15) is 11.5 Å². The van der Waals surface area contributed by atoms with E-state index in [-0.39, 0.29) is 18.4 Å². The van der Waals surface area contributed by atoms with Crippen LogP contribution in [0.1, 0.15) is 15.9 Å². The lowest BCUT2D eigenvalue weighted by Crippen LogP contribution is -2.20. The van der Waals surface area contributed by atoms with E-state index in [1.165, 1.54) is 0 Å². The third-order valence-electron chi connectivity index (χ3n) is 4.24. The molecule has 0 saturated heterocycles. The molecule has 3 aromatic rings. The van der Waals surface area contributed by atoms with E-state index in [9.17, 15) is 9.59 Å². The van der Waals surface area contributed by atoms with Crippen molar-refractivity contribution in [3.05, 3.63) is 83.9 Å². The predicted octanol–water partition coefficient (Wildman–Crippen LogP) is 4.27. The summed E-state index contributed by atoms with van der Waals surface area (Å²) in [5.41, 5.74) is 2.60. The summed E-state index contributed by atoms with van der Waals surface area (Å²) in [6, 6.07) is 21.3. The number of ether oxygens (including phenoxy) is 2. The zero-order valence-corrected chi connectivity index (χ0v) is 16.3. The fraction of sp³-hybridized carbons (Fsp3) is 0.130. The lowest BCUT2D eigenvalue weighted by Gasteiger charge is -2.11. The third-order valence-corrected chi connectivity index (χ3v) is 4.24. The van der Waals surface area contributed by atoms with E-state index >= 15 is 0 Å². The molecule has 3 aromatic carbocycles. The lowest BCUT2D eigenvalue weighted by atomic mass is 10.2. The molecular weight excluding hydrogens is 368 g/mol. The molecule has 2 N–H and O–H groups in total. The second-order valence-corrected chi connectivity index (χ2v) is 6.33. The average Bonchev–Trinajstić information content (AvgIpc) is 2.74. The number of benzene rings is 3. The highest BCUT2D eigenvalue weighted by Gasteiger charge is 2.10. The smallest absolute Gasteiger partial charge is 0.262 e. The largest absolute Gasteiger partial charge is 0.495 e. The second kappa shape index (κ2) is 9.41. The first-order chi connectivity index (χ1) is 14.1. The van der Waals surface area contributed by atoms with Crippen molar-refractivity contribution in [1.82, 2.24) is 0 Å². The Labute approximate surface area is 169 Å². The second-order valence-electron chi connectivity index (χ2n) is 6.33. The van der Waals surface area contributed by atoms with Crippen molar-refractivity contribution >= 4 is 23.2 Å². The topological polar surface area (TPSA) is 76.7 Å². The van der Waals surface area contributed by atoms with Crippen LogP contribution in [-0.4, -0.2) is 25.5 Å². The van der Waals surface area contributed by atoms with E-state index in [0.29, 0.717) is 28.4 Å². The van der Waals surface area contributed by atoms with Crippen molar-refractivity contribution in [2.24, 2.45) is 0 Å². The molecule has 0 saturated carbocycles. The lowest BCUT2D eigenvalue weighted by molar-refractivity contribution is -0.118. The zero-order valence-electron chi connectivity index (χ0n) is 16.3. The number of aryl methyl sites for hydroxylation is 1. The Kier molecular flexibility index (Phi) is 6.47. The highest BCUT2D eigenvalue weighted by Crippen LogP contribution is 2.24. The van der Waals surface area contributed by atoms with Crippen molar-refractivity contribution in [2.45, 2.75) is 6.92 Å². The van der Waals surface area contributed by atoms with E-state index in [4.69, 9.17) is 9.47 Å². The highest BCUT2D eigenvalue weighted by molar-refractivity contribution is 6.05. The van der Waals surface area contributed by atoms with E-state index in [1.54, 1.807) is 43.5 Å². The van der Waals surface area contributed by atoms with Crippen LogP contribution in [0.5, 0.6) is 11.5 Å². The summed E-state index contributed by atoms with van der Waals surface area (Å²) in [6.45, 7) is 1.82. The fourth-order valence-electron chi connectivity index (χ4n) is 2.71. The number of anilines is 2. The maximum Gasteiger partial charge on any atom is 0.262 e. The number of amides is 2. The van der Waals surface area contributed by atoms with Crippen molar-refractivity contribution in [3.63, 3.8) is 0 Å². The standard InChI is InChI=1S/C23H22N2O4/c1-16-7-3-5-9-20(16)29-15-22(26)24-18-13-11-17(12-14-18)23(27)25-19-8-4-6-10-21(19)28-2/h3-14H,15H2,1-2H3,(H,24,26)(H,25,27). The minimum atomic E-state index is -0.278. The van der Waals surface area contributed by atoms with Gasteiger partial charge in [-0.1, -0.05) is 30.3 Å². The van der Waals surface area contributed by atoms with Gasteiger partial charge in [0.05, 0.1) is 12.8 Å². The van der Waals surface area contributed by atoms with Gasteiger partial charge in [-0.05, 0) is 55.0 Å². The quantitative estimate of drug-likeness (QED) is 0.632. The molecular formula is C23H22N2O4. The Bertz CT molecular complexity index is 1000. The molecule has 3 rings (SSSR count). The number of hydrogen-bond acceptors (Lipinski definition) is 4. The van der Waals surface area contributed by atoms with Crippen molar-refractivity contribution in [1.29, 1.82) is 0 Å². The Balaban J connectivity index is 1.56. The van der Waals surface area contributed by atoms with Crippen LogP contribution >= 0.6 is 0 Å². The molecule has 0 aliphatic carbocycles. The van der Waals surface area contributed by atoms with E-state index in [1.807, 2.05) is 43.3 Å².